The van der Waals surface area contributed by atoms with Crippen molar-refractivity contribution in [1.29, 1.82) is 0 Å². The van der Waals surface area contributed by atoms with Crippen molar-refractivity contribution >= 4 is 11.9 Å². The summed E-state index contributed by atoms with van der Waals surface area (Å²) in [4.78, 5) is 24.8. The molecule has 0 aliphatic rings. The van der Waals surface area contributed by atoms with Crippen LogP contribution in [-0.4, -0.2) is 11.9 Å². The first-order valence-electron chi connectivity index (χ1n) is 23.2. The predicted octanol–water partition coefficient (Wildman–Crippen LogP) is 14.9. The van der Waals surface area contributed by atoms with Gasteiger partial charge in [-0.15, -0.1) is 0 Å². The van der Waals surface area contributed by atoms with E-state index in [0.29, 0.717) is 24.3 Å². The van der Waals surface area contributed by atoms with E-state index >= 15 is 0 Å². The van der Waals surface area contributed by atoms with Crippen molar-refractivity contribution < 1.29 is 19.1 Å². The van der Waals surface area contributed by atoms with Gasteiger partial charge in [0.25, 0.3) is 0 Å². The summed E-state index contributed by atoms with van der Waals surface area (Å²) in [5, 5.41) is 0. The Morgan fingerprint density at radius 2 is 0.621 bits per heavy atom. The zero-order chi connectivity index (χ0) is 41.4. The van der Waals surface area contributed by atoms with Crippen LogP contribution < -0.4 is 9.47 Å². The second-order valence-electron chi connectivity index (χ2n) is 15.5. The predicted molar refractivity (Wildman–Crippen MR) is 244 cm³/mol. The van der Waals surface area contributed by atoms with Gasteiger partial charge in [-0.3, -0.25) is 9.59 Å². The summed E-state index contributed by atoms with van der Waals surface area (Å²) in [7, 11) is 0. The van der Waals surface area contributed by atoms with Gasteiger partial charge < -0.3 is 9.47 Å². The first-order valence-corrected chi connectivity index (χ1v) is 23.2. The lowest BCUT2D eigenvalue weighted by molar-refractivity contribution is -0.135. The van der Waals surface area contributed by atoms with Gasteiger partial charge in [-0.1, -0.05) is 177 Å². The molecule has 0 radical (unpaired) electrons. The van der Waals surface area contributed by atoms with E-state index in [0.717, 1.165) is 88.2 Å². The molecule has 2 aromatic rings. The number of carbonyl (C=O) groups excluding carboxylic acids is 2. The highest BCUT2D eigenvalue weighted by molar-refractivity contribution is 5.74. The lowest BCUT2D eigenvalue weighted by Gasteiger charge is -2.08. The van der Waals surface area contributed by atoms with Gasteiger partial charge in [-0.25, -0.2) is 0 Å². The van der Waals surface area contributed by atoms with Gasteiger partial charge in [0.2, 0.25) is 0 Å². The molecule has 4 heteroatoms. The smallest absolute Gasteiger partial charge is 0.311 e. The molecule has 0 aliphatic heterocycles. The maximum Gasteiger partial charge on any atom is 0.311 e. The van der Waals surface area contributed by atoms with E-state index in [2.05, 4.69) is 61.2 Å². The number of unbranched alkanes of at least 4 members (excludes halogenated alkanes) is 24. The quantitative estimate of drug-likeness (QED) is 0.0331. The van der Waals surface area contributed by atoms with Gasteiger partial charge in [0.15, 0.2) is 0 Å². The Kier molecular flexibility index (Phi) is 31.7. The van der Waals surface area contributed by atoms with Crippen LogP contribution in [0.3, 0.4) is 0 Å². The average molecular weight is 787 g/mol. The zero-order valence-electron chi connectivity index (χ0n) is 36.5. The number of carbonyl (C=O) groups is 2. The van der Waals surface area contributed by atoms with Crippen LogP contribution in [0.5, 0.6) is 11.5 Å². The molecule has 0 aliphatic carbocycles. The molecule has 58 heavy (non-hydrogen) atoms. The lowest BCUT2D eigenvalue weighted by atomic mass is 10.1. The Labute approximate surface area is 354 Å². The van der Waals surface area contributed by atoms with Crippen LogP contribution in [0.4, 0.5) is 0 Å². The molecular formula is C54H74O4. The van der Waals surface area contributed by atoms with Crippen LogP contribution in [0.25, 0.3) is 11.1 Å². The molecule has 0 amide bonds. The first kappa shape index (κ1) is 49.8. The van der Waals surface area contributed by atoms with Crippen molar-refractivity contribution in [2.75, 3.05) is 0 Å². The topological polar surface area (TPSA) is 52.6 Å². The van der Waals surface area contributed by atoms with Crippen LogP contribution >= 0.6 is 0 Å². The van der Waals surface area contributed by atoms with Gasteiger partial charge in [0.05, 0.1) is 0 Å². The minimum Gasteiger partial charge on any atom is -0.427 e. The Balaban J connectivity index is 1.47. The van der Waals surface area contributed by atoms with E-state index in [1.165, 1.54) is 103 Å². The maximum atomic E-state index is 12.4. The number of hydrogen-bond acceptors (Lipinski definition) is 4. The minimum absolute atomic E-state index is 0.191. The number of esters is 2. The standard InChI is InChI=1S/C54H74O4/c1-3-5-7-9-11-13-15-17-19-21-23-25-27-29-31-33-35-37-39-53(55)57-51-45-41-49(42-46-51)50-43-47-52(48-44-50)58-54(56)40-38-36-34-32-30-28-26-24-22-20-18-16-14-12-10-8-6-4-2/h41-48H,3-16,25-40H2,1-2H3. The number of rotatable bonds is 31. The fraction of sp³-hybridized carbons (Fsp3) is 0.593. The number of hydrogen-bond donors (Lipinski definition) is 0. The third-order valence-electron chi connectivity index (χ3n) is 10.2. The fourth-order valence-electron chi connectivity index (χ4n) is 6.59. The Bertz CT molecular complexity index is 1480. The van der Waals surface area contributed by atoms with Crippen molar-refractivity contribution in [3.05, 3.63) is 48.5 Å². The summed E-state index contributed by atoms with van der Waals surface area (Å²) in [6.45, 7) is 4.49. The number of benzene rings is 2. The van der Waals surface area contributed by atoms with Crippen LogP contribution in [-0.2, 0) is 9.59 Å². The normalized spacial score (nSPS) is 10.2. The second-order valence-corrected chi connectivity index (χ2v) is 15.5. The Hall–Kier alpha value is -4.38. The fourth-order valence-corrected chi connectivity index (χ4v) is 6.59. The highest BCUT2D eigenvalue weighted by atomic mass is 16.5. The monoisotopic (exact) mass is 787 g/mol. The van der Waals surface area contributed by atoms with Gasteiger partial charge >= 0.3 is 11.9 Å². The summed E-state index contributed by atoms with van der Waals surface area (Å²) in [6.07, 6.45) is 33.1. The van der Waals surface area contributed by atoms with Crippen LogP contribution in [0.15, 0.2) is 48.5 Å². The third-order valence-corrected chi connectivity index (χ3v) is 10.2. The number of ether oxygens (including phenoxy) is 2. The van der Waals surface area contributed by atoms with Crippen molar-refractivity contribution in [3.8, 4) is 70.0 Å². The zero-order valence-corrected chi connectivity index (χ0v) is 36.5. The van der Waals surface area contributed by atoms with E-state index in [-0.39, 0.29) is 11.9 Å². The molecule has 2 rings (SSSR count). The molecule has 314 valence electrons. The van der Waals surface area contributed by atoms with Crippen molar-refractivity contribution in [3.63, 3.8) is 0 Å². The summed E-state index contributed by atoms with van der Waals surface area (Å²) in [5.74, 6) is 25.4. The molecule has 0 N–H and O–H groups in total. The van der Waals surface area contributed by atoms with Crippen LogP contribution in [0.1, 0.15) is 206 Å². The SMILES string of the molecule is CCCCCCCCC#CC#CCCCCCCCCC(=O)Oc1ccc(-c2ccc(OC(=O)CCCCCCCCC#CC#CCCCCCCCC)cc2)cc1. The molecule has 0 saturated carbocycles. The molecule has 0 bridgehead atoms. The molecule has 0 atom stereocenters. The summed E-state index contributed by atoms with van der Waals surface area (Å²) >= 11 is 0. The molecular weight excluding hydrogens is 713 g/mol. The molecule has 0 saturated heterocycles. The first-order chi connectivity index (χ1) is 28.6. The van der Waals surface area contributed by atoms with Gasteiger partial charge in [-0.2, -0.15) is 0 Å². The van der Waals surface area contributed by atoms with Crippen molar-refractivity contribution in [1.82, 2.24) is 0 Å². The van der Waals surface area contributed by atoms with Crippen molar-refractivity contribution in [2.45, 2.75) is 206 Å². The Morgan fingerprint density at radius 3 is 0.914 bits per heavy atom. The second kappa shape index (κ2) is 36.9. The van der Waals surface area contributed by atoms with Crippen molar-refractivity contribution in [2.24, 2.45) is 0 Å². The molecule has 0 heterocycles. The molecule has 4 nitrogen and oxygen atoms in total. The minimum atomic E-state index is -0.191. The van der Waals surface area contributed by atoms with E-state index in [4.69, 9.17) is 9.47 Å². The van der Waals surface area contributed by atoms with E-state index in [9.17, 15) is 9.59 Å². The van der Waals surface area contributed by atoms with Crippen LogP contribution in [0, 0.1) is 47.4 Å². The van der Waals surface area contributed by atoms with E-state index in [1.54, 1.807) is 0 Å². The largest absolute Gasteiger partial charge is 0.427 e. The van der Waals surface area contributed by atoms with E-state index < -0.39 is 0 Å². The summed E-state index contributed by atoms with van der Waals surface area (Å²) in [5.41, 5.74) is 2.00. The average Bonchev–Trinajstić information content (AvgIpc) is 3.23. The summed E-state index contributed by atoms with van der Waals surface area (Å²) < 4.78 is 11.1. The van der Waals surface area contributed by atoms with Gasteiger partial charge in [0, 0.05) is 38.5 Å². The Morgan fingerprint density at radius 1 is 0.362 bits per heavy atom. The van der Waals surface area contributed by atoms with Crippen LogP contribution in [0.2, 0.25) is 0 Å². The third kappa shape index (κ3) is 28.9. The van der Waals surface area contributed by atoms with E-state index in [1.807, 2.05) is 48.5 Å². The highest BCUT2D eigenvalue weighted by Gasteiger charge is 2.08. The molecule has 0 unspecified atom stereocenters. The molecule has 2 aromatic carbocycles. The highest BCUT2D eigenvalue weighted by Crippen LogP contribution is 2.25. The van der Waals surface area contributed by atoms with Gasteiger partial charge in [-0.05, 0) is 97.6 Å². The molecule has 0 fully saturated rings. The molecule has 0 aromatic heterocycles. The van der Waals surface area contributed by atoms with Gasteiger partial charge in [0.1, 0.15) is 11.5 Å². The molecule has 0 spiro atoms. The summed E-state index contributed by atoms with van der Waals surface area (Å²) in [6, 6.07) is 15.1. The maximum absolute atomic E-state index is 12.4. The lowest BCUT2D eigenvalue weighted by Crippen LogP contribution is -2.07.